The average Bonchev–Trinajstić information content (AvgIpc) is 3.29. The number of rotatable bonds is 9. The third-order valence-corrected chi connectivity index (χ3v) is 5.75. The summed E-state index contributed by atoms with van der Waals surface area (Å²) < 4.78 is 5.40. The van der Waals surface area contributed by atoms with Crippen LogP contribution < -0.4 is 5.32 Å². The first-order valence-electron chi connectivity index (χ1n) is 11.3. The molecule has 0 aromatic carbocycles. The van der Waals surface area contributed by atoms with Crippen molar-refractivity contribution in [2.45, 2.75) is 39.2 Å². The van der Waals surface area contributed by atoms with Gasteiger partial charge in [-0.2, -0.15) is 0 Å². The number of piperazine rings is 1. The number of carbonyl (C=O) groups excluding carboxylic acids is 2. The first-order chi connectivity index (χ1) is 14.4. The molecule has 0 spiro atoms. The highest BCUT2D eigenvalue weighted by molar-refractivity contribution is 5.85. The van der Waals surface area contributed by atoms with E-state index in [0.29, 0.717) is 13.2 Å². The molecule has 0 radical (unpaired) electrons. The first kappa shape index (κ1) is 24.4. The number of nitrogens with one attached hydrogen (secondary N) is 1. The van der Waals surface area contributed by atoms with E-state index in [1.165, 1.54) is 0 Å². The number of likely N-dealkylation sites (N-methyl/N-ethyl adjacent to an activating group) is 1. The summed E-state index contributed by atoms with van der Waals surface area (Å²) in [6.07, 6.45) is 3.12. The highest BCUT2D eigenvalue weighted by atomic mass is 16.5. The fourth-order valence-corrected chi connectivity index (χ4v) is 3.75. The summed E-state index contributed by atoms with van der Waals surface area (Å²) in [7, 11) is 3.48. The lowest BCUT2D eigenvalue weighted by Gasteiger charge is -2.39. The van der Waals surface area contributed by atoms with Crippen molar-refractivity contribution in [2.75, 3.05) is 79.7 Å². The Kier molecular flexibility index (Phi) is 10.4. The summed E-state index contributed by atoms with van der Waals surface area (Å²) in [6.45, 7) is 11.3. The van der Waals surface area contributed by atoms with Gasteiger partial charge in [0.25, 0.3) is 0 Å². The van der Waals surface area contributed by atoms with Gasteiger partial charge in [-0.15, -0.1) is 0 Å². The molecular weight excluding hydrogens is 384 g/mol. The quantitative estimate of drug-likeness (QED) is 0.321. The monoisotopic (exact) mass is 424 g/mol. The van der Waals surface area contributed by atoms with E-state index in [9.17, 15) is 9.59 Å². The predicted molar refractivity (Wildman–Crippen MR) is 119 cm³/mol. The van der Waals surface area contributed by atoms with Gasteiger partial charge in [0.1, 0.15) is 6.54 Å². The van der Waals surface area contributed by atoms with E-state index in [4.69, 9.17) is 4.74 Å². The van der Waals surface area contributed by atoms with Gasteiger partial charge in [0, 0.05) is 73.1 Å². The minimum Gasteiger partial charge on any atom is -0.382 e. The van der Waals surface area contributed by atoms with Crippen molar-refractivity contribution in [3.8, 4) is 0 Å². The standard InChI is InChI=1S/C21H40N6O3/c1-5-30-16-8-9-22-21(23-17-19(28)24(3)4)27-14-12-25(13-15-27)18(2)20(29)26-10-6-7-11-26/h18H,5-17H2,1-4H3,(H,22,23). The average molecular weight is 425 g/mol. The molecule has 0 aromatic heterocycles. The number of carbonyl (C=O) groups is 2. The number of ether oxygens (including phenoxy) is 1. The number of amides is 2. The second-order valence-corrected chi connectivity index (χ2v) is 8.14. The molecule has 0 aliphatic carbocycles. The van der Waals surface area contributed by atoms with E-state index >= 15 is 0 Å². The van der Waals surface area contributed by atoms with Gasteiger partial charge in [0.15, 0.2) is 5.96 Å². The van der Waals surface area contributed by atoms with E-state index in [-0.39, 0.29) is 24.4 Å². The van der Waals surface area contributed by atoms with E-state index < -0.39 is 0 Å². The number of likely N-dealkylation sites (tertiary alicyclic amines) is 1. The third-order valence-electron chi connectivity index (χ3n) is 5.75. The lowest BCUT2D eigenvalue weighted by molar-refractivity contribution is -0.135. The molecular formula is C21H40N6O3. The smallest absolute Gasteiger partial charge is 0.243 e. The Morgan fingerprint density at radius 2 is 1.73 bits per heavy atom. The molecule has 0 saturated carbocycles. The van der Waals surface area contributed by atoms with Crippen LogP contribution in [0.1, 0.15) is 33.1 Å². The number of nitrogens with zero attached hydrogens (tertiary/aromatic N) is 5. The lowest BCUT2D eigenvalue weighted by atomic mass is 10.2. The van der Waals surface area contributed by atoms with Gasteiger partial charge in [0.05, 0.1) is 6.04 Å². The summed E-state index contributed by atoms with van der Waals surface area (Å²) in [6, 6.07) is -0.0832. The van der Waals surface area contributed by atoms with E-state index in [1.54, 1.807) is 19.0 Å². The molecule has 2 aliphatic heterocycles. The van der Waals surface area contributed by atoms with Crippen LogP contribution in [-0.4, -0.2) is 123 Å². The van der Waals surface area contributed by atoms with Crippen molar-refractivity contribution in [2.24, 2.45) is 4.99 Å². The number of aliphatic imine (C=N–C) groups is 1. The largest absolute Gasteiger partial charge is 0.382 e. The van der Waals surface area contributed by atoms with Crippen LogP contribution in [-0.2, 0) is 14.3 Å². The predicted octanol–water partition coefficient (Wildman–Crippen LogP) is 0.0753. The Morgan fingerprint density at radius 3 is 2.33 bits per heavy atom. The number of hydrogen-bond acceptors (Lipinski definition) is 5. The van der Waals surface area contributed by atoms with Crippen LogP contribution in [0.25, 0.3) is 0 Å². The highest BCUT2D eigenvalue weighted by Gasteiger charge is 2.30. The molecule has 2 aliphatic rings. The Balaban J connectivity index is 1.89. The Morgan fingerprint density at radius 1 is 1.07 bits per heavy atom. The molecule has 1 unspecified atom stereocenters. The molecule has 2 amide bonds. The molecule has 9 heteroatoms. The molecule has 2 fully saturated rings. The van der Waals surface area contributed by atoms with Gasteiger partial charge in [-0.3, -0.25) is 14.5 Å². The Hall–Kier alpha value is -1.87. The van der Waals surface area contributed by atoms with Gasteiger partial charge in [-0.05, 0) is 33.1 Å². The van der Waals surface area contributed by atoms with Crippen LogP contribution in [0.4, 0.5) is 0 Å². The Bertz CT molecular complexity index is 569. The second-order valence-electron chi connectivity index (χ2n) is 8.14. The van der Waals surface area contributed by atoms with Crippen LogP contribution in [0.2, 0.25) is 0 Å². The zero-order chi connectivity index (χ0) is 21.9. The fraction of sp³-hybridized carbons (Fsp3) is 0.857. The third kappa shape index (κ3) is 7.43. The van der Waals surface area contributed by atoms with Crippen molar-refractivity contribution in [3.05, 3.63) is 0 Å². The topological polar surface area (TPSA) is 80.7 Å². The number of hydrogen-bond donors (Lipinski definition) is 1. The molecule has 0 bridgehead atoms. The van der Waals surface area contributed by atoms with Crippen molar-refractivity contribution < 1.29 is 14.3 Å². The minimum absolute atomic E-state index is 0.0212. The molecule has 1 atom stereocenters. The lowest BCUT2D eigenvalue weighted by Crippen LogP contribution is -2.57. The summed E-state index contributed by atoms with van der Waals surface area (Å²) in [5.74, 6) is 0.993. The van der Waals surface area contributed by atoms with Crippen molar-refractivity contribution in [1.82, 2.24) is 24.9 Å². The summed E-state index contributed by atoms with van der Waals surface area (Å²) in [5.41, 5.74) is 0. The van der Waals surface area contributed by atoms with Gasteiger partial charge in [0.2, 0.25) is 11.8 Å². The van der Waals surface area contributed by atoms with Crippen LogP contribution >= 0.6 is 0 Å². The van der Waals surface area contributed by atoms with Crippen molar-refractivity contribution in [1.29, 1.82) is 0 Å². The molecule has 30 heavy (non-hydrogen) atoms. The molecule has 9 nitrogen and oxygen atoms in total. The van der Waals surface area contributed by atoms with Gasteiger partial charge < -0.3 is 24.8 Å². The maximum atomic E-state index is 12.7. The summed E-state index contributed by atoms with van der Waals surface area (Å²) >= 11 is 0. The van der Waals surface area contributed by atoms with Crippen LogP contribution in [0.5, 0.6) is 0 Å². The zero-order valence-corrected chi connectivity index (χ0v) is 19.2. The SMILES string of the molecule is CCOCCCNC(=NCC(=O)N(C)C)N1CCN(C(C)C(=O)N2CCCC2)CC1. The van der Waals surface area contributed by atoms with Gasteiger partial charge in [-0.25, -0.2) is 4.99 Å². The van der Waals surface area contributed by atoms with E-state index in [2.05, 4.69) is 20.1 Å². The molecule has 0 aromatic rings. The first-order valence-corrected chi connectivity index (χ1v) is 11.3. The zero-order valence-electron chi connectivity index (χ0n) is 19.2. The summed E-state index contributed by atoms with van der Waals surface area (Å²) in [5, 5.41) is 3.39. The maximum Gasteiger partial charge on any atom is 0.243 e. The van der Waals surface area contributed by atoms with Crippen LogP contribution in [0.15, 0.2) is 4.99 Å². The van der Waals surface area contributed by atoms with Crippen LogP contribution in [0.3, 0.4) is 0 Å². The van der Waals surface area contributed by atoms with E-state index in [1.807, 2.05) is 18.7 Å². The molecule has 2 saturated heterocycles. The maximum absolute atomic E-state index is 12.7. The minimum atomic E-state index is -0.0832. The highest BCUT2D eigenvalue weighted by Crippen LogP contribution is 2.14. The number of guanidine groups is 1. The molecule has 2 rings (SSSR count). The molecule has 2 heterocycles. The van der Waals surface area contributed by atoms with Crippen LogP contribution in [0, 0.1) is 0 Å². The normalized spacial score (nSPS) is 19.1. The fourth-order valence-electron chi connectivity index (χ4n) is 3.75. The molecule has 172 valence electrons. The van der Waals surface area contributed by atoms with Gasteiger partial charge in [-0.1, -0.05) is 0 Å². The molecule has 1 N–H and O–H groups in total. The van der Waals surface area contributed by atoms with Gasteiger partial charge >= 0.3 is 0 Å². The van der Waals surface area contributed by atoms with E-state index in [0.717, 1.165) is 71.0 Å². The second kappa shape index (κ2) is 12.7. The van der Waals surface area contributed by atoms with Crippen molar-refractivity contribution >= 4 is 17.8 Å². The Labute approximate surface area is 181 Å². The summed E-state index contributed by atoms with van der Waals surface area (Å²) in [4.78, 5) is 37.3. The van der Waals surface area contributed by atoms with Crippen molar-refractivity contribution in [3.63, 3.8) is 0 Å².